The number of primary amides is 1. The van der Waals surface area contributed by atoms with Crippen molar-refractivity contribution in [3.05, 3.63) is 34.3 Å². The van der Waals surface area contributed by atoms with Crippen LogP contribution < -0.4 is 11.5 Å². The highest BCUT2D eigenvalue weighted by Crippen LogP contribution is 2.20. The Morgan fingerprint density at radius 3 is 2.47 bits per heavy atom. The molecule has 1 rings (SSSR count). The first kappa shape index (κ1) is 14.0. The molecule has 0 heterocycles. The van der Waals surface area contributed by atoms with Crippen LogP contribution in [0.25, 0.3) is 0 Å². The highest BCUT2D eigenvalue weighted by molar-refractivity contribution is 7.91. The first-order valence-corrected chi connectivity index (χ1v) is 7.00. The van der Waals surface area contributed by atoms with Crippen molar-refractivity contribution in [2.45, 2.75) is 12.3 Å². The van der Waals surface area contributed by atoms with Crippen LogP contribution in [0.2, 0.25) is 5.02 Å². The number of amides is 1. The van der Waals surface area contributed by atoms with E-state index in [1.165, 1.54) is 0 Å². The second-order valence-corrected chi connectivity index (χ2v) is 6.10. The molecule has 0 aliphatic carbocycles. The first-order valence-electron chi connectivity index (χ1n) is 4.80. The van der Waals surface area contributed by atoms with Gasteiger partial charge in [0, 0.05) is 11.6 Å². The van der Waals surface area contributed by atoms with E-state index in [9.17, 15) is 13.2 Å². The summed E-state index contributed by atoms with van der Waals surface area (Å²) in [6.45, 7) is 0.327. The fourth-order valence-corrected chi connectivity index (χ4v) is 2.95. The van der Waals surface area contributed by atoms with E-state index in [2.05, 4.69) is 0 Å². The van der Waals surface area contributed by atoms with Gasteiger partial charge in [-0.05, 0) is 17.2 Å². The van der Waals surface area contributed by atoms with Crippen molar-refractivity contribution in [1.82, 2.24) is 0 Å². The van der Waals surface area contributed by atoms with Crippen LogP contribution in [0.5, 0.6) is 0 Å². The Balaban J connectivity index is 2.92. The zero-order valence-corrected chi connectivity index (χ0v) is 10.6. The van der Waals surface area contributed by atoms with Gasteiger partial charge in [-0.3, -0.25) is 4.79 Å². The van der Waals surface area contributed by atoms with Crippen molar-refractivity contribution in [2.24, 2.45) is 11.5 Å². The Labute approximate surface area is 105 Å². The number of hydrogen-bond donors (Lipinski definition) is 2. The Morgan fingerprint density at radius 1 is 1.35 bits per heavy atom. The minimum Gasteiger partial charge on any atom is -0.369 e. The number of nitrogens with two attached hydrogens (primary N) is 2. The van der Waals surface area contributed by atoms with Gasteiger partial charge in [0.25, 0.3) is 0 Å². The second-order valence-electron chi connectivity index (χ2n) is 3.63. The van der Waals surface area contributed by atoms with E-state index in [1.54, 1.807) is 18.2 Å². The largest absolute Gasteiger partial charge is 0.369 e. The smallest absolute Gasteiger partial charge is 0.232 e. The summed E-state index contributed by atoms with van der Waals surface area (Å²) >= 11 is 5.91. The number of carbonyl (C=O) groups excluding carboxylic acids is 1. The Hall–Kier alpha value is -1.11. The Bertz CT molecular complexity index is 528. The minimum atomic E-state index is -3.57. The van der Waals surface area contributed by atoms with E-state index in [-0.39, 0.29) is 5.75 Å². The van der Waals surface area contributed by atoms with E-state index in [0.717, 1.165) is 5.56 Å². The van der Waals surface area contributed by atoms with Gasteiger partial charge >= 0.3 is 0 Å². The van der Waals surface area contributed by atoms with Crippen LogP contribution in [-0.2, 0) is 26.9 Å². The minimum absolute atomic E-state index is 0.306. The molecule has 1 aromatic rings. The number of halogens is 1. The summed E-state index contributed by atoms with van der Waals surface area (Å²) in [5, 5.41) is 0.320. The van der Waals surface area contributed by atoms with Crippen LogP contribution in [-0.4, -0.2) is 20.1 Å². The number of sulfone groups is 1. The molecule has 1 aromatic carbocycles. The van der Waals surface area contributed by atoms with E-state index >= 15 is 0 Å². The predicted molar refractivity (Wildman–Crippen MR) is 66.0 cm³/mol. The maximum atomic E-state index is 11.5. The van der Waals surface area contributed by atoms with Crippen molar-refractivity contribution in [2.75, 3.05) is 5.75 Å². The normalized spacial score (nSPS) is 11.4. The molecule has 5 nitrogen and oxygen atoms in total. The van der Waals surface area contributed by atoms with Crippen molar-refractivity contribution < 1.29 is 13.2 Å². The summed E-state index contributed by atoms with van der Waals surface area (Å²) in [6, 6.07) is 4.89. The molecule has 0 spiro atoms. The maximum absolute atomic E-state index is 11.5. The lowest BCUT2D eigenvalue weighted by Crippen LogP contribution is -2.24. The molecule has 1 amide bonds. The zero-order valence-electron chi connectivity index (χ0n) is 9.02. The topological polar surface area (TPSA) is 103 Å². The van der Waals surface area contributed by atoms with E-state index in [4.69, 9.17) is 23.1 Å². The molecular formula is C10H13ClN2O3S. The number of hydrogen-bond acceptors (Lipinski definition) is 4. The first-order chi connectivity index (χ1) is 7.84. The molecule has 0 atom stereocenters. The fourth-order valence-electron chi connectivity index (χ4n) is 1.34. The highest BCUT2D eigenvalue weighted by atomic mass is 35.5. The van der Waals surface area contributed by atoms with Crippen LogP contribution in [0.15, 0.2) is 18.2 Å². The molecule has 0 saturated carbocycles. The van der Waals surface area contributed by atoms with E-state index < -0.39 is 21.5 Å². The standard InChI is InChI=1S/C10H13ClN2O3S/c11-9-3-7(4-12)1-2-8(9)5-17(15,16)6-10(13)14/h1-3H,4-6,12H2,(H2,13,14). The second kappa shape index (κ2) is 5.48. The third kappa shape index (κ3) is 4.33. The summed E-state index contributed by atoms with van der Waals surface area (Å²) in [7, 11) is -3.57. The average Bonchev–Trinajstić information content (AvgIpc) is 2.18. The molecule has 0 unspecified atom stereocenters. The predicted octanol–water partition coefficient (Wildman–Crippen LogP) is 0.199. The van der Waals surface area contributed by atoms with E-state index in [0.29, 0.717) is 17.1 Å². The van der Waals surface area contributed by atoms with E-state index in [1.807, 2.05) is 0 Å². The monoisotopic (exact) mass is 276 g/mol. The molecule has 94 valence electrons. The molecule has 0 aliphatic rings. The quantitative estimate of drug-likeness (QED) is 0.802. The van der Waals surface area contributed by atoms with Crippen molar-refractivity contribution in [3.8, 4) is 0 Å². The molecule has 0 radical (unpaired) electrons. The SMILES string of the molecule is NCc1ccc(CS(=O)(=O)CC(N)=O)c(Cl)c1. The number of rotatable bonds is 5. The molecule has 0 saturated heterocycles. The average molecular weight is 277 g/mol. The van der Waals surface area contributed by atoms with Crippen LogP contribution in [0.1, 0.15) is 11.1 Å². The molecular weight excluding hydrogens is 264 g/mol. The van der Waals surface area contributed by atoms with Gasteiger partial charge in [0.15, 0.2) is 9.84 Å². The fraction of sp³-hybridized carbons (Fsp3) is 0.300. The Morgan fingerprint density at radius 2 is 2.00 bits per heavy atom. The van der Waals surface area contributed by atoms with Gasteiger partial charge < -0.3 is 11.5 Å². The van der Waals surface area contributed by atoms with Crippen molar-refractivity contribution >= 4 is 27.3 Å². The van der Waals surface area contributed by atoms with Crippen LogP contribution in [0.3, 0.4) is 0 Å². The molecule has 0 aliphatic heterocycles. The van der Waals surface area contributed by atoms with Gasteiger partial charge in [-0.1, -0.05) is 23.7 Å². The van der Waals surface area contributed by atoms with Gasteiger partial charge in [0.2, 0.25) is 5.91 Å². The molecule has 0 fully saturated rings. The summed E-state index contributed by atoms with van der Waals surface area (Å²) in [5.41, 5.74) is 11.5. The molecule has 17 heavy (non-hydrogen) atoms. The third-order valence-corrected chi connectivity index (χ3v) is 3.92. The Kier molecular flexibility index (Phi) is 4.50. The lowest BCUT2D eigenvalue weighted by atomic mass is 10.1. The molecule has 0 bridgehead atoms. The summed E-state index contributed by atoms with van der Waals surface area (Å²) < 4.78 is 23.1. The third-order valence-electron chi connectivity index (χ3n) is 2.09. The molecule has 4 N–H and O–H groups in total. The van der Waals surface area contributed by atoms with Crippen molar-refractivity contribution in [1.29, 1.82) is 0 Å². The summed E-state index contributed by atoms with van der Waals surface area (Å²) in [5.74, 6) is -1.86. The molecule has 0 aromatic heterocycles. The van der Waals surface area contributed by atoms with Crippen molar-refractivity contribution in [3.63, 3.8) is 0 Å². The van der Waals surface area contributed by atoms with Crippen LogP contribution in [0, 0.1) is 0 Å². The maximum Gasteiger partial charge on any atom is 0.232 e. The highest BCUT2D eigenvalue weighted by Gasteiger charge is 2.17. The summed E-state index contributed by atoms with van der Waals surface area (Å²) in [6.07, 6.45) is 0. The number of carbonyl (C=O) groups is 1. The van der Waals surface area contributed by atoms with Crippen LogP contribution in [0.4, 0.5) is 0 Å². The lowest BCUT2D eigenvalue weighted by Gasteiger charge is -2.06. The van der Waals surface area contributed by atoms with Gasteiger partial charge in [0.1, 0.15) is 5.75 Å². The van der Waals surface area contributed by atoms with Crippen LogP contribution >= 0.6 is 11.6 Å². The van der Waals surface area contributed by atoms with Gasteiger partial charge in [-0.2, -0.15) is 0 Å². The molecule has 7 heteroatoms. The number of benzene rings is 1. The summed E-state index contributed by atoms with van der Waals surface area (Å²) in [4.78, 5) is 10.6. The van der Waals surface area contributed by atoms with Gasteiger partial charge in [0.05, 0.1) is 5.75 Å². The van der Waals surface area contributed by atoms with Gasteiger partial charge in [-0.15, -0.1) is 0 Å². The van der Waals surface area contributed by atoms with Gasteiger partial charge in [-0.25, -0.2) is 8.42 Å². The lowest BCUT2D eigenvalue weighted by molar-refractivity contribution is -0.115. The zero-order chi connectivity index (χ0) is 13.1.